The molecule has 0 radical (unpaired) electrons. The summed E-state index contributed by atoms with van der Waals surface area (Å²) in [5.41, 5.74) is 3.36. The van der Waals surface area contributed by atoms with Gasteiger partial charge in [-0.1, -0.05) is 61.9 Å². The highest BCUT2D eigenvalue weighted by Crippen LogP contribution is 2.24. The summed E-state index contributed by atoms with van der Waals surface area (Å²) in [6.07, 6.45) is 0. The second kappa shape index (κ2) is 8.37. The first-order valence-electron chi connectivity index (χ1n) is 9.41. The fraction of sp³-hybridized carbons (Fsp3) is 0.409. The minimum Gasteiger partial charge on any atom is -0.335 e. The smallest absolute Gasteiger partial charge is 0.319 e. The lowest BCUT2D eigenvalue weighted by Crippen LogP contribution is -2.55. The van der Waals surface area contributed by atoms with E-state index < -0.39 is 0 Å². The van der Waals surface area contributed by atoms with Gasteiger partial charge in [-0.15, -0.1) is 0 Å². The number of anilines is 1. The normalized spacial score (nSPS) is 21.3. The van der Waals surface area contributed by atoms with Crippen molar-refractivity contribution in [1.82, 2.24) is 10.2 Å². The van der Waals surface area contributed by atoms with Crippen LogP contribution in [-0.4, -0.2) is 30.1 Å². The highest BCUT2D eigenvalue weighted by Gasteiger charge is 2.32. The molecule has 0 aromatic heterocycles. The van der Waals surface area contributed by atoms with Crippen LogP contribution in [0, 0.1) is 18.8 Å². The number of benzene rings is 2. The summed E-state index contributed by atoms with van der Waals surface area (Å²) in [4.78, 5) is 14.9. The van der Waals surface area contributed by atoms with Gasteiger partial charge in [-0.05, 0) is 36.5 Å². The van der Waals surface area contributed by atoms with E-state index in [9.17, 15) is 4.79 Å². The average molecular weight is 351 g/mol. The van der Waals surface area contributed by atoms with E-state index in [0.717, 1.165) is 25.3 Å². The summed E-state index contributed by atoms with van der Waals surface area (Å²) in [7, 11) is 0. The molecule has 138 valence electrons. The van der Waals surface area contributed by atoms with Crippen molar-refractivity contribution in [3.8, 4) is 0 Å². The molecule has 2 aromatic carbocycles. The number of piperidine rings is 1. The second-order valence-corrected chi connectivity index (χ2v) is 7.62. The van der Waals surface area contributed by atoms with Crippen LogP contribution in [0.5, 0.6) is 0 Å². The van der Waals surface area contributed by atoms with Crippen LogP contribution in [0.15, 0.2) is 54.6 Å². The van der Waals surface area contributed by atoms with E-state index in [1.54, 1.807) is 0 Å². The zero-order chi connectivity index (χ0) is 18.5. The van der Waals surface area contributed by atoms with Crippen molar-refractivity contribution in [2.45, 2.75) is 33.4 Å². The van der Waals surface area contributed by atoms with E-state index in [-0.39, 0.29) is 12.1 Å². The van der Waals surface area contributed by atoms with Crippen LogP contribution in [0.4, 0.5) is 10.5 Å². The molecule has 1 aliphatic rings. The van der Waals surface area contributed by atoms with E-state index in [4.69, 9.17) is 0 Å². The zero-order valence-corrected chi connectivity index (χ0v) is 15.9. The maximum atomic E-state index is 12.4. The summed E-state index contributed by atoms with van der Waals surface area (Å²) in [6.45, 7) is 9.45. The number of urea groups is 1. The molecular formula is C22H29N3O. The largest absolute Gasteiger partial charge is 0.335 e. The first-order valence-corrected chi connectivity index (χ1v) is 9.41. The van der Waals surface area contributed by atoms with E-state index in [2.05, 4.69) is 59.7 Å². The Labute approximate surface area is 156 Å². The third-order valence-electron chi connectivity index (χ3n) is 5.17. The first-order chi connectivity index (χ1) is 12.5. The summed E-state index contributed by atoms with van der Waals surface area (Å²) >= 11 is 0. The van der Waals surface area contributed by atoms with Crippen molar-refractivity contribution in [3.05, 3.63) is 65.7 Å². The number of nitrogens with zero attached hydrogens (tertiary/aromatic N) is 1. The number of nitrogens with one attached hydrogen (secondary N) is 2. The van der Waals surface area contributed by atoms with E-state index in [0.29, 0.717) is 11.8 Å². The zero-order valence-electron chi connectivity index (χ0n) is 15.9. The monoisotopic (exact) mass is 351 g/mol. The quantitative estimate of drug-likeness (QED) is 0.864. The molecule has 26 heavy (non-hydrogen) atoms. The Morgan fingerprint density at radius 2 is 1.62 bits per heavy atom. The van der Waals surface area contributed by atoms with Crippen molar-refractivity contribution >= 4 is 11.7 Å². The van der Waals surface area contributed by atoms with Crippen molar-refractivity contribution in [1.29, 1.82) is 0 Å². The van der Waals surface area contributed by atoms with E-state index in [1.165, 1.54) is 11.1 Å². The molecule has 0 saturated carbocycles. The van der Waals surface area contributed by atoms with Crippen LogP contribution < -0.4 is 10.6 Å². The lowest BCUT2D eigenvalue weighted by molar-refractivity contribution is 0.0994. The summed E-state index contributed by atoms with van der Waals surface area (Å²) in [5, 5.41) is 6.13. The Morgan fingerprint density at radius 3 is 2.23 bits per heavy atom. The average Bonchev–Trinajstić information content (AvgIpc) is 2.61. The van der Waals surface area contributed by atoms with Crippen LogP contribution >= 0.6 is 0 Å². The van der Waals surface area contributed by atoms with Gasteiger partial charge in [0.25, 0.3) is 0 Å². The Balaban J connectivity index is 1.54. The number of likely N-dealkylation sites (tertiary alicyclic amines) is 1. The Bertz CT molecular complexity index is 702. The Morgan fingerprint density at radius 1 is 1.00 bits per heavy atom. The van der Waals surface area contributed by atoms with Crippen LogP contribution in [0.2, 0.25) is 0 Å². The third kappa shape index (κ3) is 4.85. The molecular weight excluding hydrogens is 322 g/mol. The molecule has 2 amide bonds. The number of amides is 2. The van der Waals surface area contributed by atoms with Gasteiger partial charge in [0, 0.05) is 31.4 Å². The van der Waals surface area contributed by atoms with E-state index >= 15 is 0 Å². The molecule has 2 N–H and O–H groups in total. The molecule has 4 heteroatoms. The van der Waals surface area contributed by atoms with Gasteiger partial charge < -0.3 is 10.6 Å². The van der Waals surface area contributed by atoms with Crippen LogP contribution in [0.1, 0.15) is 25.0 Å². The summed E-state index contributed by atoms with van der Waals surface area (Å²) in [6, 6.07) is 18.5. The van der Waals surface area contributed by atoms with Gasteiger partial charge in [0.2, 0.25) is 0 Å². The van der Waals surface area contributed by atoms with Gasteiger partial charge in [-0.2, -0.15) is 0 Å². The highest BCUT2D eigenvalue weighted by molar-refractivity contribution is 5.89. The van der Waals surface area contributed by atoms with Crippen molar-refractivity contribution in [2.24, 2.45) is 11.8 Å². The fourth-order valence-corrected chi connectivity index (χ4v) is 3.89. The molecule has 1 saturated heterocycles. The predicted octanol–water partition coefficient (Wildman–Crippen LogP) is 4.27. The van der Waals surface area contributed by atoms with Crippen molar-refractivity contribution in [3.63, 3.8) is 0 Å². The number of rotatable bonds is 4. The minimum atomic E-state index is -0.117. The molecule has 0 aliphatic carbocycles. The topological polar surface area (TPSA) is 44.4 Å². The number of carbonyl (C=O) groups is 1. The highest BCUT2D eigenvalue weighted by atomic mass is 16.2. The van der Waals surface area contributed by atoms with Gasteiger partial charge >= 0.3 is 6.03 Å². The summed E-state index contributed by atoms with van der Waals surface area (Å²) < 4.78 is 0. The molecule has 1 aliphatic heterocycles. The number of carbonyl (C=O) groups excluding carboxylic acids is 1. The SMILES string of the molecule is Cc1ccc(NC(=O)NC2[C@@H](C)CN(Cc3ccccc3)C[C@@H]2C)cc1. The number of hydrogen-bond donors (Lipinski definition) is 2. The fourth-order valence-electron chi connectivity index (χ4n) is 3.89. The maximum absolute atomic E-state index is 12.4. The molecule has 0 unspecified atom stereocenters. The maximum Gasteiger partial charge on any atom is 0.319 e. The van der Waals surface area contributed by atoms with Gasteiger partial charge in [0.1, 0.15) is 0 Å². The number of aryl methyl sites for hydroxylation is 1. The van der Waals surface area contributed by atoms with E-state index in [1.807, 2.05) is 31.2 Å². The molecule has 2 atom stereocenters. The Kier molecular flexibility index (Phi) is 5.94. The molecule has 4 nitrogen and oxygen atoms in total. The van der Waals surface area contributed by atoms with Crippen LogP contribution in [0.3, 0.4) is 0 Å². The van der Waals surface area contributed by atoms with Gasteiger partial charge in [0.05, 0.1) is 0 Å². The second-order valence-electron chi connectivity index (χ2n) is 7.62. The summed E-state index contributed by atoms with van der Waals surface area (Å²) in [5.74, 6) is 0.817. The van der Waals surface area contributed by atoms with Gasteiger partial charge in [-0.3, -0.25) is 4.90 Å². The standard InChI is InChI=1S/C22H29N3O/c1-16-9-11-20(12-10-16)23-22(26)24-21-17(2)13-25(14-18(21)3)15-19-7-5-4-6-8-19/h4-12,17-18,21H,13-15H2,1-3H3,(H2,23,24,26)/t17-,18-/m0/s1. The third-order valence-corrected chi connectivity index (χ3v) is 5.17. The minimum absolute atomic E-state index is 0.117. The molecule has 2 aromatic rings. The van der Waals surface area contributed by atoms with Crippen LogP contribution in [0.25, 0.3) is 0 Å². The lowest BCUT2D eigenvalue weighted by Gasteiger charge is -2.41. The van der Waals surface area contributed by atoms with Gasteiger partial charge in [-0.25, -0.2) is 4.79 Å². The first kappa shape index (κ1) is 18.5. The van der Waals surface area contributed by atoms with Gasteiger partial charge in [0.15, 0.2) is 0 Å². The molecule has 3 rings (SSSR count). The molecule has 0 spiro atoms. The van der Waals surface area contributed by atoms with Crippen molar-refractivity contribution < 1.29 is 4.79 Å². The molecule has 1 fully saturated rings. The lowest BCUT2D eigenvalue weighted by atomic mass is 9.85. The predicted molar refractivity (Wildman–Crippen MR) is 107 cm³/mol. The Hall–Kier alpha value is -2.33. The number of hydrogen-bond acceptors (Lipinski definition) is 2. The molecule has 0 bridgehead atoms. The molecule has 1 heterocycles. The van der Waals surface area contributed by atoms with Crippen LogP contribution in [-0.2, 0) is 6.54 Å². The van der Waals surface area contributed by atoms with Crippen molar-refractivity contribution in [2.75, 3.05) is 18.4 Å².